The van der Waals surface area contributed by atoms with Crippen LogP contribution in [0.5, 0.6) is 0 Å². The molecule has 2 rings (SSSR count). The van der Waals surface area contributed by atoms with Gasteiger partial charge in [-0.3, -0.25) is 0 Å². The molecule has 1 aromatic heterocycles. The van der Waals surface area contributed by atoms with E-state index >= 15 is 0 Å². The average Bonchev–Trinajstić information content (AvgIpc) is 2.65. The molecule has 0 saturated heterocycles. The quantitative estimate of drug-likeness (QED) is 0.800. The van der Waals surface area contributed by atoms with Gasteiger partial charge in [0.15, 0.2) is 5.82 Å². The minimum atomic E-state index is -0.0859. The molecule has 3 unspecified atom stereocenters. The molecule has 84 valence electrons. The number of rotatable bonds is 2. The average molecular weight is 209 g/mol. The predicted molar refractivity (Wildman–Crippen MR) is 57.1 cm³/mol. The van der Waals surface area contributed by atoms with Crippen molar-refractivity contribution in [2.75, 3.05) is 0 Å². The third kappa shape index (κ3) is 2.17. The smallest absolute Gasteiger partial charge is 0.167 e. The van der Waals surface area contributed by atoms with Gasteiger partial charge in [0.05, 0.1) is 12.1 Å². The molecule has 5 nitrogen and oxygen atoms in total. The van der Waals surface area contributed by atoms with Gasteiger partial charge in [-0.1, -0.05) is 19.8 Å². The van der Waals surface area contributed by atoms with E-state index in [0.29, 0.717) is 6.04 Å². The minimum absolute atomic E-state index is 0.0859. The molecule has 1 aliphatic rings. The van der Waals surface area contributed by atoms with Crippen LogP contribution >= 0.6 is 0 Å². The summed E-state index contributed by atoms with van der Waals surface area (Å²) in [6, 6.07) is 0.363. The van der Waals surface area contributed by atoms with Crippen molar-refractivity contribution < 1.29 is 0 Å². The minimum Gasteiger partial charge on any atom is -0.322 e. The van der Waals surface area contributed by atoms with Crippen molar-refractivity contribution in [2.24, 2.45) is 11.7 Å². The lowest BCUT2D eigenvalue weighted by Gasteiger charge is -2.27. The highest BCUT2D eigenvalue weighted by Gasteiger charge is 2.24. The van der Waals surface area contributed by atoms with Crippen molar-refractivity contribution in [1.29, 1.82) is 0 Å². The summed E-state index contributed by atoms with van der Waals surface area (Å²) in [4.78, 5) is 0. The van der Waals surface area contributed by atoms with Crippen molar-refractivity contribution >= 4 is 0 Å². The van der Waals surface area contributed by atoms with Gasteiger partial charge in [0.2, 0.25) is 0 Å². The lowest BCUT2D eigenvalue weighted by atomic mass is 9.87. The lowest BCUT2D eigenvalue weighted by Crippen LogP contribution is -2.23. The number of aromatic nitrogens is 4. The van der Waals surface area contributed by atoms with Crippen LogP contribution < -0.4 is 5.73 Å². The van der Waals surface area contributed by atoms with Gasteiger partial charge >= 0.3 is 0 Å². The molecule has 0 spiro atoms. The fraction of sp³-hybridized carbons (Fsp3) is 0.900. The van der Waals surface area contributed by atoms with Gasteiger partial charge in [0.25, 0.3) is 0 Å². The van der Waals surface area contributed by atoms with Crippen LogP contribution in [0.4, 0.5) is 0 Å². The first-order valence-corrected chi connectivity index (χ1v) is 5.72. The Morgan fingerprint density at radius 3 is 2.93 bits per heavy atom. The maximum absolute atomic E-state index is 5.84. The second-order valence-electron chi connectivity index (χ2n) is 4.70. The molecule has 2 N–H and O–H groups in total. The molecule has 3 atom stereocenters. The summed E-state index contributed by atoms with van der Waals surface area (Å²) in [5, 5.41) is 11.8. The van der Waals surface area contributed by atoms with E-state index in [-0.39, 0.29) is 6.04 Å². The number of tetrazole rings is 1. The van der Waals surface area contributed by atoms with Gasteiger partial charge in [-0.2, -0.15) is 0 Å². The molecule has 1 saturated carbocycles. The standard InChI is InChI=1S/C10H19N5/c1-7-4-3-5-9(6-7)15-10(8(2)11)12-13-14-15/h7-9H,3-6,11H2,1-2H3. The first kappa shape index (κ1) is 10.5. The van der Waals surface area contributed by atoms with Crippen LogP contribution in [0.1, 0.15) is 57.4 Å². The normalized spacial score (nSPS) is 29.0. The summed E-state index contributed by atoms with van der Waals surface area (Å²) in [5.74, 6) is 1.59. The maximum Gasteiger partial charge on any atom is 0.167 e. The zero-order valence-electron chi connectivity index (χ0n) is 9.43. The first-order chi connectivity index (χ1) is 7.18. The van der Waals surface area contributed by atoms with Crippen molar-refractivity contribution in [3.05, 3.63) is 5.82 Å². The van der Waals surface area contributed by atoms with Gasteiger partial charge in [-0.05, 0) is 36.1 Å². The molecule has 1 fully saturated rings. The Hall–Kier alpha value is -0.970. The van der Waals surface area contributed by atoms with Crippen LogP contribution in [0.3, 0.4) is 0 Å². The Balaban J connectivity index is 2.17. The number of hydrogen-bond acceptors (Lipinski definition) is 4. The van der Waals surface area contributed by atoms with Crippen LogP contribution in [0, 0.1) is 5.92 Å². The molecule has 15 heavy (non-hydrogen) atoms. The molecule has 0 aliphatic heterocycles. The fourth-order valence-corrected chi connectivity index (χ4v) is 2.38. The Bertz CT molecular complexity index is 319. The molecule has 1 heterocycles. The Morgan fingerprint density at radius 1 is 1.47 bits per heavy atom. The summed E-state index contributed by atoms with van der Waals surface area (Å²) in [6.07, 6.45) is 4.94. The fourth-order valence-electron chi connectivity index (χ4n) is 2.38. The lowest BCUT2D eigenvalue weighted by molar-refractivity contribution is 0.256. The molecular formula is C10H19N5. The molecular weight excluding hydrogens is 190 g/mol. The van der Waals surface area contributed by atoms with E-state index < -0.39 is 0 Å². The van der Waals surface area contributed by atoms with Crippen molar-refractivity contribution in [3.63, 3.8) is 0 Å². The highest BCUT2D eigenvalue weighted by molar-refractivity contribution is 4.91. The maximum atomic E-state index is 5.84. The number of hydrogen-bond donors (Lipinski definition) is 1. The van der Waals surface area contributed by atoms with Crippen LogP contribution in [0.25, 0.3) is 0 Å². The monoisotopic (exact) mass is 209 g/mol. The van der Waals surface area contributed by atoms with Crippen molar-refractivity contribution in [1.82, 2.24) is 20.2 Å². The zero-order valence-corrected chi connectivity index (χ0v) is 9.43. The molecule has 0 bridgehead atoms. The van der Waals surface area contributed by atoms with Crippen LogP contribution in [-0.2, 0) is 0 Å². The second kappa shape index (κ2) is 4.26. The van der Waals surface area contributed by atoms with Gasteiger partial charge in [0, 0.05) is 0 Å². The van der Waals surface area contributed by atoms with E-state index in [1.165, 1.54) is 25.7 Å². The molecule has 0 radical (unpaired) electrons. The topological polar surface area (TPSA) is 69.6 Å². The van der Waals surface area contributed by atoms with E-state index in [1.807, 2.05) is 11.6 Å². The SMILES string of the molecule is CC1CCCC(n2nnnc2C(C)N)C1. The summed E-state index contributed by atoms with van der Waals surface area (Å²) in [6.45, 7) is 4.22. The highest BCUT2D eigenvalue weighted by atomic mass is 15.6. The molecule has 0 amide bonds. The Kier molecular flexibility index (Phi) is 3.00. The van der Waals surface area contributed by atoms with E-state index in [1.54, 1.807) is 0 Å². The summed E-state index contributed by atoms with van der Waals surface area (Å²) in [5.41, 5.74) is 5.84. The first-order valence-electron chi connectivity index (χ1n) is 5.72. The van der Waals surface area contributed by atoms with E-state index in [4.69, 9.17) is 5.73 Å². The predicted octanol–water partition coefficient (Wildman–Crippen LogP) is 1.44. The largest absolute Gasteiger partial charge is 0.322 e. The molecule has 1 aromatic rings. The third-order valence-corrected chi connectivity index (χ3v) is 3.18. The highest BCUT2D eigenvalue weighted by Crippen LogP contribution is 2.32. The van der Waals surface area contributed by atoms with Gasteiger partial charge in [-0.25, -0.2) is 4.68 Å². The second-order valence-corrected chi connectivity index (χ2v) is 4.70. The van der Waals surface area contributed by atoms with Gasteiger partial charge in [0.1, 0.15) is 0 Å². The summed E-state index contributed by atoms with van der Waals surface area (Å²) >= 11 is 0. The van der Waals surface area contributed by atoms with Crippen LogP contribution in [0.15, 0.2) is 0 Å². The molecule has 0 aromatic carbocycles. The molecule has 1 aliphatic carbocycles. The van der Waals surface area contributed by atoms with Crippen molar-refractivity contribution in [3.8, 4) is 0 Å². The Labute approximate surface area is 90.0 Å². The zero-order chi connectivity index (χ0) is 10.8. The third-order valence-electron chi connectivity index (χ3n) is 3.18. The Morgan fingerprint density at radius 2 is 2.27 bits per heavy atom. The van der Waals surface area contributed by atoms with Crippen LogP contribution in [-0.4, -0.2) is 20.2 Å². The molecule has 5 heteroatoms. The van der Waals surface area contributed by atoms with E-state index in [2.05, 4.69) is 22.4 Å². The summed E-state index contributed by atoms with van der Waals surface area (Å²) < 4.78 is 1.93. The van der Waals surface area contributed by atoms with Gasteiger partial charge < -0.3 is 5.73 Å². The summed E-state index contributed by atoms with van der Waals surface area (Å²) in [7, 11) is 0. The van der Waals surface area contributed by atoms with E-state index in [0.717, 1.165) is 11.7 Å². The van der Waals surface area contributed by atoms with Gasteiger partial charge in [-0.15, -0.1) is 5.10 Å². The van der Waals surface area contributed by atoms with Crippen molar-refractivity contribution in [2.45, 2.75) is 51.6 Å². The number of nitrogens with two attached hydrogens (primary N) is 1. The van der Waals surface area contributed by atoms with Crippen LogP contribution in [0.2, 0.25) is 0 Å². The van der Waals surface area contributed by atoms with E-state index in [9.17, 15) is 0 Å². The number of nitrogens with zero attached hydrogens (tertiary/aromatic N) is 4.